The highest BCUT2D eigenvalue weighted by atomic mass is 35.5. The summed E-state index contributed by atoms with van der Waals surface area (Å²) in [5.74, 6) is 0.783. The standard InChI is InChI=1S/C18H24ClN3O2/c1-10(23)21-16-9-14(5-6-15(16)19)22-18(24)13-7-11-3-2-4-12(8-13)17(11)20/h5-6,9,11-13,17H,2-4,7-8,20H2,1H3,(H,21,23)(H,22,24). The number of carbonyl (C=O) groups excluding carboxylic acids is 2. The Kier molecular flexibility index (Phi) is 5.11. The van der Waals surface area contributed by atoms with Gasteiger partial charge in [-0.3, -0.25) is 9.59 Å². The van der Waals surface area contributed by atoms with Gasteiger partial charge >= 0.3 is 0 Å². The number of carbonyl (C=O) groups is 2. The van der Waals surface area contributed by atoms with Crippen molar-refractivity contribution in [2.75, 3.05) is 10.6 Å². The van der Waals surface area contributed by atoms with Crippen LogP contribution in [0.1, 0.15) is 39.0 Å². The number of fused-ring (bicyclic) bond motifs is 2. The number of nitrogens with two attached hydrogens (primary N) is 1. The van der Waals surface area contributed by atoms with E-state index in [-0.39, 0.29) is 23.8 Å². The maximum Gasteiger partial charge on any atom is 0.227 e. The highest BCUT2D eigenvalue weighted by Gasteiger charge is 2.40. The number of hydrogen-bond acceptors (Lipinski definition) is 3. The lowest BCUT2D eigenvalue weighted by Crippen LogP contribution is -2.48. The van der Waals surface area contributed by atoms with Crippen molar-refractivity contribution in [1.29, 1.82) is 0 Å². The number of nitrogens with one attached hydrogen (secondary N) is 2. The summed E-state index contributed by atoms with van der Waals surface area (Å²) in [7, 11) is 0. The molecule has 6 heteroatoms. The minimum absolute atomic E-state index is 0.0139. The van der Waals surface area contributed by atoms with E-state index in [4.69, 9.17) is 17.3 Å². The highest BCUT2D eigenvalue weighted by Crippen LogP contribution is 2.42. The predicted molar refractivity (Wildman–Crippen MR) is 95.9 cm³/mol. The fourth-order valence-corrected chi connectivity index (χ4v) is 4.30. The van der Waals surface area contributed by atoms with Crippen LogP contribution in [0.3, 0.4) is 0 Å². The van der Waals surface area contributed by atoms with Crippen molar-refractivity contribution in [2.24, 2.45) is 23.5 Å². The molecule has 0 saturated heterocycles. The van der Waals surface area contributed by atoms with Crippen molar-refractivity contribution < 1.29 is 9.59 Å². The molecule has 0 spiro atoms. The molecule has 24 heavy (non-hydrogen) atoms. The molecule has 3 rings (SSSR count). The van der Waals surface area contributed by atoms with Gasteiger partial charge in [0, 0.05) is 24.6 Å². The summed E-state index contributed by atoms with van der Waals surface area (Å²) in [4.78, 5) is 23.9. The first-order chi connectivity index (χ1) is 11.4. The number of benzene rings is 1. The summed E-state index contributed by atoms with van der Waals surface area (Å²) in [6, 6.07) is 5.37. The molecule has 2 aliphatic rings. The molecular formula is C18H24ClN3O2. The SMILES string of the molecule is CC(=O)Nc1cc(NC(=O)C2CC3CCCC(C2)C3N)ccc1Cl. The van der Waals surface area contributed by atoms with Crippen molar-refractivity contribution in [3.05, 3.63) is 23.2 Å². The number of anilines is 2. The van der Waals surface area contributed by atoms with Crippen LogP contribution in [0, 0.1) is 17.8 Å². The maximum atomic E-state index is 12.7. The van der Waals surface area contributed by atoms with E-state index in [0.29, 0.717) is 28.2 Å². The summed E-state index contributed by atoms with van der Waals surface area (Å²) in [5, 5.41) is 6.08. The fourth-order valence-electron chi connectivity index (χ4n) is 4.14. The quantitative estimate of drug-likeness (QED) is 0.782. The average Bonchev–Trinajstić information content (AvgIpc) is 2.49. The van der Waals surface area contributed by atoms with E-state index in [1.54, 1.807) is 18.2 Å². The van der Waals surface area contributed by atoms with Gasteiger partial charge in [0.15, 0.2) is 0 Å². The van der Waals surface area contributed by atoms with Crippen LogP contribution in [0.25, 0.3) is 0 Å². The van der Waals surface area contributed by atoms with Gasteiger partial charge in [-0.15, -0.1) is 0 Å². The Morgan fingerprint density at radius 2 is 1.83 bits per heavy atom. The van der Waals surface area contributed by atoms with Gasteiger partial charge in [-0.2, -0.15) is 0 Å². The minimum atomic E-state index is -0.200. The molecule has 4 N–H and O–H groups in total. The second-order valence-electron chi connectivity index (χ2n) is 7.06. The van der Waals surface area contributed by atoms with Gasteiger partial charge in [-0.05, 0) is 55.7 Å². The summed E-state index contributed by atoms with van der Waals surface area (Å²) in [6.45, 7) is 1.42. The first-order valence-corrected chi connectivity index (χ1v) is 8.95. The van der Waals surface area contributed by atoms with E-state index < -0.39 is 0 Å². The molecule has 130 valence electrons. The topological polar surface area (TPSA) is 84.2 Å². The first-order valence-electron chi connectivity index (χ1n) is 8.57. The Balaban J connectivity index is 1.68. The summed E-state index contributed by atoms with van der Waals surface area (Å²) in [6.07, 6.45) is 5.24. The third kappa shape index (κ3) is 3.73. The third-order valence-corrected chi connectivity index (χ3v) is 5.66. The summed E-state index contributed by atoms with van der Waals surface area (Å²) < 4.78 is 0. The van der Waals surface area contributed by atoms with Crippen molar-refractivity contribution in [1.82, 2.24) is 0 Å². The molecule has 2 saturated carbocycles. The van der Waals surface area contributed by atoms with E-state index >= 15 is 0 Å². The van der Waals surface area contributed by atoms with Gasteiger partial charge in [0.2, 0.25) is 11.8 Å². The average molecular weight is 350 g/mol. The Labute approximate surface area is 147 Å². The summed E-state index contributed by atoms with van der Waals surface area (Å²) >= 11 is 6.06. The van der Waals surface area contributed by atoms with Gasteiger partial charge in [0.05, 0.1) is 10.7 Å². The molecule has 0 radical (unpaired) electrons. The molecule has 5 nitrogen and oxygen atoms in total. The normalized spacial score (nSPS) is 29.0. The van der Waals surface area contributed by atoms with Crippen LogP contribution in [-0.2, 0) is 9.59 Å². The molecular weight excluding hydrogens is 326 g/mol. The zero-order valence-electron chi connectivity index (χ0n) is 13.8. The molecule has 2 bridgehead atoms. The van der Waals surface area contributed by atoms with Crippen LogP contribution in [0.5, 0.6) is 0 Å². The maximum absolute atomic E-state index is 12.7. The molecule has 2 fully saturated rings. The Morgan fingerprint density at radius 3 is 2.46 bits per heavy atom. The highest BCUT2D eigenvalue weighted by molar-refractivity contribution is 6.33. The predicted octanol–water partition coefficient (Wildman–Crippen LogP) is 3.39. The molecule has 0 aliphatic heterocycles. The van der Waals surface area contributed by atoms with Crippen LogP contribution < -0.4 is 16.4 Å². The molecule has 2 atom stereocenters. The Morgan fingerprint density at radius 1 is 1.17 bits per heavy atom. The van der Waals surface area contributed by atoms with Crippen LogP contribution in [0.4, 0.5) is 11.4 Å². The number of halogens is 1. The first kappa shape index (κ1) is 17.2. The smallest absolute Gasteiger partial charge is 0.227 e. The van der Waals surface area contributed by atoms with Crippen molar-refractivity contribution in [2.45, 2.75) is 45.1 Å². The van der Waals surface area contributed by atoms with Crippen LogP contribution in [0.2, 0.25) is 5.02 Å². The molecule has 0 aromatic heterocycles. The van der Waals surface area contributed by atoms with Gasteiger partial charge in [0.1, 0.15) is 0 Å². The zero-order valence-corrected chi connectivity index (χ0v) is 14.6. The number of hydrogen-bond donors (Lipinski definition) is 3. The molecule has 1 aromatic carbocycles. The van der Waals surface area contributed by atoms with E-state index in [1.165, 1.54) is 13.3 Å². The van der Waals surface area contributed by atoms with Gasteiger partial charge in [-0.1, -0.05) is 18.0 Å². The lowest BCUT2D eigenvalue weighted by Gasteiger charge is -2.43. The van der Waals surface area contributed by atoms with Crippen LogP contribution in [-0.4, -0.2) is 17.9 Å². The minimum Gasteiger partial charge on any atom is -0.327 e. The monoisotopic (exact) mass is 349 g/mol. The van der Waals surface area contributed by atoms with E-state index in [1.807, 2.05) is 0 Å². The van der Waals surface area contributed by atoms with E-state index in [2.05, 4.69) is 10.6 Å². The lowest BCUT2D eigenvalue weighted by atomic mass is 9.65. The summed E-state index contributed by atoms with van der Waals surface area (Å²) in [5.41, 5.74) is 7.45. The van der Waals surface area contributed by atoms with Crippen LogP contribution >= 0.6 is 11.6 Å². The van der Waals surface area contributed by atoms with Gasteiger partial charge in [-0.25, -0.2) is 0 Å². The zero-order chi connectivity index (χ0) is 17.3. The van der Waals surface area contributed by atoms with E-state index in [0.717, 1.165) is 25.7 Å². The molecule has 0 heterocycles. The van der Waals surface area contributed by atoms with Crippen molar-refractivity contribution in [3.63, 3.8) is 0 Å². The van der Waals surface area contributed by atoms with Gasteiger partial charge in [0.25, 0.3) is 0 Å². The Hall–Kier alpha value is -1.59. The molecule has 2 unspecified atom stereocenters. The van der Waals surface area contributed by atoms with E-state index in [9.17, 15) is 9.59 Å². The largest absolute Gasteiger partial charge is 0.327 e. The molecule has 2 amide bonds. The third-order valence-electron chi connectivity index (χ3n) is 5.33. The van der Waals surface area contributed by atoms with Crippen LogP contribution in [0.15, 0.2) is 18.2 Å². The second kappa shape index (κ2) is 7.11. The fraction of sp³-hybridized carbons (Fsp3) is 0.556. The lowest BCUT2D eigenvalue weighted by molar-refractivity contribution is -0.122. The molecule has 1 aromatic rings. The van der Waals surface area contributed by atoms with Crippen molar-refractivity contribution >= 4 is 34.8 Å². The van der Waals surface area contributed by atoms with Gasteiger partial charge < -0.3 is 16.4 Å². The molecule has 2 aliphatic carbocycles. The Bertz CT molecular complexity index is 635. The number of amides is 2. The van der Waals surface area contributed by atoms with Crippen molar-refractivity contribution in [3.8, 4) is 0 Å². The second-order valence-corrected chi connectivity index (χ2v) is 7.47. The number of rotatable bonds is 3.